The number of nitrogens with zero attached hydrogens (tertiary/aromatic N) is 1. The third-order valence-corrected chi connectivity index (χ3v) is 5.85. The van der Waals surface area contributed by atoms with Crippen LogP contribution in [0, 0.1) is 0 Å². The monoisotopic (exact) mass is 548 g/mol. The average molecular weight is 549 g/mol. The van der Waals surface area contributed by atoms with E-state index in [0.717, 1.165) is 16.1 Å². The van der Waals surface area contributed by atoms with E-state index in [4.69, 9.17) is 14.2 Å². The van der Waals surface area contributed by atoms with Crippen LogP contribution in [0.5, 0.6) is 5.75 Å². The molecule has 0 aliphatic heterocycles. The van der Waals surface area contributed by atoms with Gasteiger partial charge in [-0.25, -0.2) is 20.0 Å². The van der Waals surface area contributed by atoms with Crippen LogP contribution in [-0.2, 0) is 38.5 Å². The molecule has 212 valence electrons. The predicted molar refractivity (Wildman–Crippen MR) is 150 cm³/mol. The molecule has 3 aromatic rings. The van der Waals surface area contributed by atoms with Gasteiger partial charge < -0.3 is 19.3 Å². The van der Waals surface area contributed by atoms with Crippen molar-refractivity contribution in [2.75, 3.05) is 7.11 Å². The number of rotatable bonds is 12. The van der Waals surface area contributed by atoms with E-state index in [-0.39, 0.29) is 12.8 Å². The van der Waals surface area contributed by atoms with Gasteiger partial charge in [-0.2, -0.15) is 0 Å². The smallest absolute Gasteiger partial charge is 0.425 e. The van der Waals surface area contributed by atoms with Crippen LogP contribution >= 0.6 is 0 Å². The third-order valence-electron chi connectivity index (χ3n) is 5.85. The van der Waals surface area contributed by atoms with Crippen LogP contribution in [0.3, 0.4) is 0 Å². The summed E-state index contributed by atoms with van der Waals surface area (Å²) in [7, 11) is 1.21. The summed E-state index contributed by atoms with van der Waals surface area (Å²) in [5.74, 6) is -1.29. The summed E-state index contributed by atoms with van der Waals surface area (Å²) in [5, 5.41) is 11.0. The molecule has 0 saturated heterocycles. The van der Waals surface area contributed by atoms with Crippen molar-refractivity contribution in [1.82, 2.24) is 10.4 Å². The minimum Gasteiger partial charge on any atom is -0.489 e. The van der Waals surface area contributed by atoms with Gasteiger partial charge in [0, 0.05) is 12.8 Å². The van der Waals surface area contributed by atoms with Gasteiger partial charge in [0.05, 0.1) is 7.11 Å². The van der Waals surface area contributed by atoms with E-state index in [2.05, 4.69) is 5.43 Å². The number of ether oxygens (including phenoxy) is 3. The first-order chi connectivity index (χ1) is 19.1. The van der Waals surface area contributed by atoms with Crippen molar-refractivity contribution in [3.05, 3.63) is 102 Å². The Morgan fingerprint density at radius 2 is 1.38 bits per heavy atom. The Balaban J connectivity index is 1.80. The Bertz CT molecular complexity index is 1240. The summed E-state index contributed by atoms with van der Waals surface area (Å²) in [6.45, 7) is 5.46. The number of methoxy groups -OCH3 is 1. The van der Waals surface area contributed by atoms with Crippen molar-refractivity contribution in [1.29, 1.82) is 0 Å². The number of hydrazine groups is 1. The molecular weight excluding hydrogens is 512 g/mol. The van der Waals surface area contributed by atoms with Crippen LogP contribution < -0.4 is 10.2 Å². The lowest BCUT2D eigenvalue weighted by atomic mass is 10.0. The Morgan fingerprint density at radius 3 is 1.90 bits per heavy atom. The minimum absolute atomic E-state index is 0.0207. The second kappa shape index (κ2) is 14.1. The second-order valence-corrected chi connectivity index (χ2v) is 10.2. The average Bonchev–Trinajstić information content (AvgIpc) is 2.93. The molecule has 9 heteroatoms. The normalized spacial score (nSPS) is 12.6. The maximum Gasteiger partial charge on any atom is 0.425 e. The summed E-state index contributed by atoms with van der Waals surface area (Å²) in [6, 6.07) is 23.4. The predicted octanol–water partition coefficient (Wildman–Crippen LogP) is 4.79. The number of aliphatic carboxylic acids is 1. The third kappa shape index (κ3) is 9.43. The highest BCUT2D eigenvalue weighted by Crippen LogP contribution is 2.18. The fourth-order valence-electron chi connectivity index (χ4n) is 3.89. The lowest BCUT2D eigenvalue weighted by Crippen LogP contribution is -2.60. The zero-order valence-corrected chi connectivity index (χ0v) is 23.2. The van der Waals surface area contributed by atoms with Gasteiger partial charge in [0.1, 0.15) is 24.0 Å². The maximum absolute atomic E-state index is 13.3. The molecule has 3 aromatic carbocycles. The Labute approximate surface area is 234 Å². The molecule has 0 aromatic heterocycles. The Kier molecular flexibility index (Phi) is 10.7. The van der Waals surface area contributed by atoms with Gasteiger partial charge in [0.2, 0.25) is 0 Å². The second-order valence-electron chi connectivity index (χ2n) is 10.2. The molecule has 0 spiro atoms. The molecule has 9 nitrogen and oxygen atoms in total. The van der Waals surface area contributed by atoms with E-state index in [9.17, 15) is 19.5 Å². The van der Waals surface area contributed by atoms with Crippen molar-refractivity contribution in [3.63, 3.8) is 0 Å². The highest BCUT2D eigenvalue weighted by Gasteiger charge is 2.37. The largest absolute Gasteiger partial charge is 0.489 e. The molecule has 0 saturated carbocycles. The van der Waals surface area contributed by atoms with Crippen LogP contribution in [0.4, 0.5) is 4.79 Å². The van der Waals surface area contributed by atoms with E-state index in [1.807, 2.05) is 48.5 Å². The molecular formula is C31H36N2O7. The van der Waals surface area contributed by atoms with E-state index in [0.29, 0.717) is 17.9 Å². The Hall–Kier alpha value is -4.37. The molecule has 0 radical (unpaired) electrons. The lowest BCUT2D eigenvalue weighted by molar-refractivity contribution is -0.151. The zero-order chi connectivity index (χ0) is 29.1. The van der Waals surface area contributed by atoms with Gasteiger partial charge >= 0.3 is 18.0 Å². The number of hydrogen-bond acceptors (Lipinski definition) is 7. The van der Waals surface area contributed by atoms with Crippen LogP contribution in [0.15, 0.2) is 84.9 Å². The quantitative estimate of drug-likeness (QED) is 0.245. The minimum atomic E-state index is -1.26. The number of esters is 1. The van der Waals surface area contributed by atoms with Gasteiger partial charge in [0.25, 0.3) is 0 Å². The molecule has 2 atom stereocenters. The molecule has 0 aliphatic rings. The first-order valence-electron chi connectivity index (χ1n) is 12.9. The standard InChI is InChI=1S/C31H36N2O7/c1-31(2,3)40-30(37)33(27(29(36)38-4)20-22-11-7-5-8-12-22)32-26(28(34)35)19-23-15-17-25(18-16-23)39-21-24-13-9-6-10-14-24/h5-18,26-27,32H,19-21H2,1-4H3,(H,34,35)/t26-,27-/m0/s1. The number of benzene rings is 3. The summed E-state index contributed by atoms with van der Waals surface area (Å²) >= 11 is 0. The topological polar surface area (TPSA) is 114 Å². The molecule has 0 fully saturated rings. The molecule has 1 amide bonds. The molecule has 2 N–H and O–H groups in total. The fraction of sp³-hybridized carbons (Fsp3) is 0.323. The van der Waals surface area contributed by atoms with Crippen molar-refractivity contribution in [3.8, 4) is 5.75 Å². The van der Waals surface area contributed by atoms with Crippen LogP contribution in [0.1, 0.15) is 37.5 Å². The number of carbonyl (C=O) groups excluding carboxylic acids is 2. The molecule has 0 unspecified atom stereocenters. The van der Waals surface area contributed by atoms with Crippen molar-refractivity contribution in [2.24, 2.45) is 0 Å². The molecule has 0 bridgehead atoms. The van der Waals surface area contributed by atoms with Crippen molar-refractivity contribution < 1.29 is 33.7 Å². The van der Waals surface area contributed by atoms with Crippen LogP contribution in [0.25, 0.3) is 0 Å². The summed E-state index contributed by atoms with van der Waals surface area (Å²) in [5.41, 5.74) is 4.33. The van der Waals surface area contributed by atoms with Crippen molar-refractivity contribution in [2.45, 2.75) is 57.9 Å². The van der Waals surface area contributed by atoms with Gasteiger partial charge in [0.15, 0.2) is 6.04 Å². The zero-order valence-electron chi connectivity index (χ0n) is 23.2. The number of carboxylic acids is 1. The molecule has 3 rings (SSSR count). The number of hydrogen-bond donors (Lipinski definition) is 2. The van der Waals surface area contributed by atoms with Crippen LogP contribution in [0.2, 0.25) is 0 Å². The van der Waals surface area contributed by atoms with Gasteiger partial charge in [-0.1, -0.05) is 72.8 Å². The molecule has 0 heterocycles. The number of carboxylic acid groups (broad SMARTS) is 1. The molecule has 0 aliphatic carbocycles. The van der Waals surface area contributed by atoms with Crippen LogP contribution in [-0.4, -0.2) is 52.9 Å². The van der Waals surface area contributed by atoms with E-state index < -0.39 is 35.7 Å². The van der Waals surface area contributed by atoms with Gasteiger partial charge in [-0.3, -0.25) is 4.79 Å². The summed E-state index contributed by atoms with van der Waals surface area (Å²) in [4.78, 5) is 38.5. The fourth-order valence-corrected chi connectivity index (χ4v) is 3.89. The van der Waals surface area contributed by atoms with Gasteiger partial charge in [-0.15, -0.1) is 0 Å². The highest BCUT2D eigenvalue weighted by molar-refractivity contribution is 5.82. The number of carbonyl (C=O) groups is 3. The highest BCUT2D eigenvalue weighted by atomic mass is 16.6. The summed E-state index contributed by atoms with van der Waals surface area (Å²) < 4.78 is 16.3. The van der Waals surface area contributed by atoms with Gasteiger partial charge in [-0.05, 0) is 49.6 Å². The lowest BCUT2D eigenvalue weighted by Gasteiger charge is -2.34. The Morgan fingerprint density at radius 1 is 0.825 bits per heavy atom. The number of amides is 1. The first-order valence-corrected chi connectivity index (χ1v) is 12.9. The maximum atomic E-state index is 13.3. The SMILES string of the molecule is COC(=O)[C@H](Cc1ccccc1)N(N[C@@H](Cc1ccc(OCc2ccccc2)cc1)C(=O)O)C(=O)OC(C)(C)C. The summed E-state index contributed by atoms with van der Waals surface area (Å²) in [6.07, 6.45) is -0.790. The van der Waals surface area contributed by atoms with E-state index in [1.165, 1.54) is 7.11 Å². The van der Waals surface area contributed by atoms with E-state index in [1.54, 1.807) is 57.2 Å². The molecule has 40 heavy (non-hydrogen) atoms. The van der Waals surface area contributed by atoms with E-state index >= 15 is 0 Å². The number of nitrogens with one attached hydrogen (secondary N) is 1. The van der Waals surface area contributed by atoms with Crippen molar-refractivity contribution >= 4 is 18.0 Å². The first kappa shape index (κ1) is 30.2.